The standard InChI is InChI=1S/C17H23NSi/c1-13(2)17-16(19(3,4)5)12-11-15(18-17)14-9-7-6-8-10-14/h6-13H,1-5H3/i6D,7D,8D. The fourth-order valence-electron chi connectivity index (χ4n) is 2.17. The molecule has 0 atom stereocenters. The third-order valence-electron chi connectivity index (χ3n) is 3.18. The molecule has 0 bridgehead atoms. The van der Waals surface area contributed by atoms with E-state index >= 15 is 0 Å². The molecule has 0 saturated carbocycles. The Bertz CT molecular complexity index is 683. The summed E-state index contributed by atoms with van der Waals surface area (Å²) in [5.41, 5.74) is 2.65. The lowest BCUT2D eigenvalue weighted by Crippen LogP contribution is -2.41. The lowest BCUT2D eigenvalue weighted by atomic mass is 10.1. The Morgan fingerprint density at radius 2 is 1.63 bits per heavy atom. The highest BCUT2D eigenvalue weighted by Gasteiger charge is 2.22. The van der Waals surface area contributed by atoms with Crippen LogP contribution in [-0.2, 0) is 0 Å². The van der Waals surface area contributed by atoms with Crippen molar-refractivity contribution in [3.8, 4) is 11.3 Å². The van der Waals surface area contributed by atoms with Gasteiger partial charge >= 0.3 is 0 Å². The van der Waals surface area contributed by atoms with Crippen molar-refractivity contribution < 1.29 is 4.11 Å². The van der Waals surface area contributed by atoms with Crippen LogP contribution in [0.15, 0.2) is 42.4 Å². The molecule has 2 heteroatoms. The molecule has 0 spiro atoms. The van der Waals surface area contributed by atoms with Crippen LogP contribution in [0.4, 0.5) is 0 Å². The van der Waals surface area contributed by atoms with Gasteiger partial charge in [0.1, 0.15) is 0 Å². The third kappa shape index (κ3) is 3.13. The van der Waals surface area contributed by atoms with Gasteiger partial charge in [0, 0.05) is 11.3 Å². The van der Waals surface area contributed by atoms with Gasteiger partial charge in [-0.15, -0.1) is 0 Å². The van der Waals surface area contributed by atoms with Crippen molar-refractivity contribution >= 4 is 13.3 Å². The van der Waals surface area contributed by atoms with E-state index in [1.807, 2.05) is 6.07 Å². The van der Waals surface area contributed by atoms with Crippen LogP contribution in [0.1, 0.15) is 29.6 Å². The van der Waals surface area contributed by atoms with Crippen LogP contribution < -0.4 is 5.19 Å². The molecule has 2 aromatic rings. The van der Waals surface area contributed by atoms with Crippen molar-refractivity contribution in [3.05, 3.63) is 48.1 Å². The Morgan fingerprint density at radius 3 is 2.16 bits per heavy atom. The molecule has 0 amide bonds. The minimum Gasteiger partial charge on any atom is -0.253 e. The summed E-state index contributed by atoms with van der Waals surface area (Å²) >= 11 is 0. The summed E-state index contributed by atoms with van der Waals surface area (Å²) in [5.74, 6) is 0.336. The molecule has 1 aromatic heterocycles. The number of hydrogen-bond acceptors (Lipinski definition) is 1. The Hall–Kier alpha value is -1.41. The lowest BCUT2D eigenvalue weighted by Gasteiger charge is -2.22. The smallest absolute Gasteiger partial charge is 0.0800 e. The Labute approximate surface area is 121 Å². The molecule has 0 aliphatic carbocycles. The summed E-state index contributed by atoms with van der Waals surface area (Å²) in [6.07, 6.45) is 0. The Kier molecular flexibility index (Phi) is 2.89. The van der Waals surface area contributed by atoms with Crippen molar-refractivity contribution in [1.82, 2.24) is 4.98 Å². The minimum atomic E-state index is -1.46. The molecule has 1 heterocycles. The van der Waals surface area contributed by atoms with Crippen LogP contribution in [0.25, 0.3) is 11.3 Å². The average molecular weight is 272 g/mol. The highest BCUT2D eigenvalue weighted by molar-refractivity contribution is 6.89. The van der Waals surface area contributed by atoms with E-state index in [0.717, 1.165) is 17.0 Å². The first-order chi connectivity index (χ1) is 10.1. The van der Waals surface area contributed by atoms with Crippen LogP contribution in [0.2, 0.25) is 19.6 Å². The van der Waals surface area contributed by atoms with E-state index in [4.69, 9.17) is 9.10 Å². The van der Waals surface area contributed by atoms with E-state index in [1.165, 1.54) is 5.19 Å². The van der Waals surface area contributed by atoms with Crippen molar-refractivity contribution in [2.45, 2.75) is 39.4 Å². The van der Waals surface area contributed by atoms with E-state index in [1.54, 1.807) is 12.1 Å². The van der Waals surface area contributed by atoms with Crippen molar-refractivity contribution in [2.75, 3.05) is 0 Å². The molecule has 0 fully saturated rings. The number of benzene rings is 1. The first-order valence-corrected chi connectivity index (χ1v) is 10.2. The highest BCUT2D eigenvalue weighted by atomic mass is 28.3. The number of aromatic nitrogens is 1. The highest BCUT2D eigenvalue weighted by Crippen LogP contribution is 2.21. The fourth-order valence-corrected chi connectivity index (χ4v) is 3.87. The largest absolute Gasteiger partial charge is 0.253 e. The van der Waals surface area contributed by atoms with E-state index < -0.39 is 8.07 Å². The van der Waals surface area contributed by atoms with Crippen LogP contribution in [-0.4, -0.2) is 13.1 Å². The van der Waals surface area contributed by atoms with Crippen molar-refractivity contribution in [2.24, 2.45) is 0 Å². The summed E-state index contributed by atoms with van der Waals surface area (Å²) < 4.78 is 23.2. The maximum atomic E-state index is 7.80. The molecule has 2 rings (SSSR count). The summed E-state index contributed by atoms with van der Waals surface area (Å²) in [6.45, 7) is 11.2. The molecule has 0 aliphatic rings. The van der Waals surface area contributed by atoms with E-state index in [2.05, 4.69) is 39.6 Å². The molecular formula is C17H23NSi. The zero-order valence-electron chi connectivity index (χ0n) is 15.3. The second kappa shape index (κ2) is 5.30. The Morgan fingerprint density at radius 1 is 1.00 bits per heavy atom. The molecule has 0 N–H and O–H groups in total. The monoisotopic (exact) mass is 272 g/mol. The molecule has 100 valence electrons. The van der Waals surface area contributed by atoms with Gasteiger partial charge in [-0.05, 0) is 17.2 Å². The van der Waals surface area contributed by atoms with Gasteiger partial charge in [0.25, 0.3) is 0 Å². The number of pyridine rings is 1. The van der Waals surface area contributed by atoms with Gasteiger partial charge in [0.05, 0.1) is 17.9 Å². The van der Waals surface area contributed by atoms with Gasteiger partial charge in [-0.2, -0.15) is 0 Å². The second-order valence-electron chi connectivity index (χ2n) is 6.19. The van der Waals surface area contributed by atoms with E-state index in [-0.39, 0.29) is 18.1 Å². The fraction of sp³-hybridized carbons (Fsp3) is 0.353. The predicted octanol–water partition coefficient (Wildman–Crippen LogP) is 4.42. The molecule has 1 aromatic carbocycles. The van der Waals surface area contributed by atoms with Gasteiger partial charge in [0.2, 0.25) is 0 Å². The topological polar surface area (TPSA) is 12.9 Å². The van der Waals surface area contributed by atoms with Gasteiger partial charge in [-0.3, -0.25) is 4.98 Å². The van der Waals surface area contributed by atoms with Crippen LogP contribution in [0.3, 0.4) is 0 Å². The average Bonchev–Trinajstić information content (AvgIpc) is 2.42. The van der Waals surface area contributed by atoms with Crippen LogP contribution >= 0.6 is 0 Å². The first-order valence-electron chi connectivity index (χ1n) is 8.21. The summed E-state index contributed by atoms with van der Waals surface area (Å²) in [4.78, 5) is 4.83. The molecule has 0 aliphatic heterocycles. The Balaban J connectivity index is 2.61. The minimum absolute atomic E-state index is 0.0356. The van der Waals surface area contributed by atoms with Gasteiger partial charge in [0.15, 0.2) is 0 Å². The molecule has 1 nitrogen and oxygen atoms in total. The maximum absolute atomic E-state index is 7.80. The quantitative estimate of drug-likeness (QED) is 0.754. The van der Waals surface area contributed by atoms with Crippen LogP contribution in [0.5, 0.6) is 0 Å². The number of rotatable bonds is 3. The zero-order chi connectivity index (χ0) is 16.7. The van der Waals surface area contributed by atoms with E-state index in [0.29, 0.717) is 5.92 Å². The molecule has 0 saturated heterocycles. The van der Waals surface area contributed by atoms with Gasteiger partial charge < -0.3 is 0 Å². The predicted molar refractivity (Wildman–Crippen MR) is 86.7 cm³/mol. The molecule has 0 unspecified atom stereocenters. The lowest BCUT2D eigenvalue weighted by molar-refractivity contribution is 0.831. The SMILES string of the molecule is [2H]c1cc(-c2ccc([Si](C)(C)C)c(C(C)C)n2)cc([2H])c1[2H]. The van der Waals surface area contributed by atoms with E-state index in [9.17, 15) is 0 Å². The molecule has 19 heavy (non-hydrogen) atoms. The summed E-state index contributed by atoms with van der Waals surface area (Å²) in [6, 6.07) is 7.51. The maximum Gasteiger partial charge on any atom is 0.0800 e. The van der Waals surface area contributed by atoms with Gasteiger partial charge in [-0.1, -0.05) is 69.8 Å². The van der Waals surface area contributed by atoms with Crippen molar-refractivity contribution in [3.63, 3.8) is 0 Å². The molecule has 0 radical (unpaired) electrons. The third-order valence-corrected chi connectivity index (χ3v) is 5.21. The number of nitrogens with zero attached hydrogens (tertiary/aromatic N) is 1. The van der Waals surface area contributed by atoms with Crippen LogP contribution in [0, 0.1) is 0 Å². The summed E-state index contributed by atoms with van der Waals surface area (Å²) in [7, 11) is -1.46. The normalized spacial score (nSPS) is 14.1. The first kappa shape index (κ1) is 10.4. The number of hydrogen-bond donors (Lipinski definition) is 0. The zero-order valence-corrected chi connectivity index (χ0v) is 13.3. The van der Waals surface area contributed by atoms with Crippen molar-refractivity contribution in [1.29, 1.82) is 0 Å². The second-order valence-corrected chi connectivity index (χ2v) is 11.2. The van der Waals surface area contributed by atoms with Gasteiger partial charge in [-0.25, -0.2) is 0 Å². The molecular weight excluding hydrogens is 246 g/mol. The summed E-state index contributed by atoms with van der Waals surface area (Å²) in [5, 5.41) is 1.36.